The van der Waals surface area contributed by atoms with E-state index in [1.165, 1.54) is 12.1 Å². The highest BCUT2D eigenvalue weighted by molar-refractivity contribution is 5.94. The molecule has 1 saturated heterocycles. The van der Waals surface area contributed by atoms with E-state index in [2.05, 4.69) is 37.9 Å². The highest BCUT2D eigenvalue weighted by Gasteiger charge is 2.23. The molecule has 4 heterocycles. The molecule has 0 saturated carbocycles. The Hall–Kier alpha value is -4.61. The Morgan fingerprint density at radius 3 is 2.68 bits per heavy atom. The number of H-pyrrole nitrogens is 1. The van der Waals surface area contributed by atoms with E-state index in [4.69, 9.17) is 10.5 Å². The molecule has 0 radical (unpaired) electrons. The van der Waals surface area contributed by atoms with E-state index in [-0.39, 0.29) is 17.0 Å². The topological polar surface area (TPSA) is 131 Å². The van der Waals surface area contributed by atoms with Crippen LogP contribution in [0, 0.1) is 28.5 Å². The number of aryl methyl sites for hydroxylation is 1. The average Bonchev–Trinajstić information content (AvgIpc) is 3.63. The summed E-state index contributed by atoms with van der Waals surface area (Å²) >= 11 is 0. The smallest absolute Gasteiger partial charge is 0.256 e. The third kappa shape index (κ3) is 6.20. The lowest BCUT2D eigenvalue weighted by Crippen LogP contribution is -2.48. The highest BCUT2D eigenvalue weighted by Crippen LogP contribution is 2.24. The van der Waals surface area contributed by atoms with Gasteiger partial charge >= 0.3 is 0 Å². The number of aromatic nitrogens is 5. The molecule has 1 aliphatic heterocycles. The zero-order valence-electron chi connectivity index (χ0n) is 21.1. The molecule has 0 atom stereocenters. The number of piperazine rings is 1. The van der Waals surface area contributed by atoms with E-state index in [0.717, 1.165) is 61.0 Å². The number of fused-ring (bicyclic) bond motifs is 1. The molecule has 3 aromatic heterocycles. The second-order valence-electron chi connectivity index (χ2n) is 8.75. The fourth-order valence-corrected chi connectivity index (χ4v) is 4.23. The van der Waals surface area contributed by atoms with Crippen LogP contribution in [0.1, 0.15) is 35.7 Å². The van der Waals surface area contributed by atoms with Crippen molar-refractivity contribution in [1.29, 1.82) is 10.5 Å². The monoisotopic (exact) mass is 513 g/mol. The van der Waals surface area contributed by atoms with Crippen LogP contribution in [0.15, 0.2) is 49.2 Å². The van der Waals surface area contributed by atoms with Gasteiger partial charge in [-0.2, -0.15) is 15.6 Å². The van der Waals surface area contributed by atoms with Crippen molar-refractivity contribution >= 4 is 16.9 Å². The lowest BCUT2D eigenvalue weighted by atomic mass is 10.1. The molecule has 1 N–H and O–H groups in total. The summed E-state index contributed by atoms with van der Waals surface area (Å²) in [6, 6.07) is 9.91. The number of benzene rings is 1. The minimum Gasteiger partial charge on any atom is -0.346 e. The Morgan fingerprint density at radius 2 is 1.97 bits per heavy atom. The van der Waals surface area contributed by atoms with Gasteiger partial charge in [-0.05, 0) is 37.2 Å². The number of amides is 1. The number of hydrogen-bond donors (Lipinski definition) is 1. The molecule has 194 valence electrons. The molecule has 38 heavy (non-hydrogen) atoms. The molecule has 0 spiro atoms. The molecule has 1 amide bonds. The summed E-state index contributed by atoms with van der Waals surface area (Å²) in [5, 5.41) is 22.5. The van der Waals surface area contributed by atoms with Crippen LogP contribution in [0.25, 0.3) is 22.3 Å². The predicted molar refractivity (Wildman–Crippen MR) is 139 cm³/mol. The van der Waals surface area contributed by atoms with E-state index in [1.54, 1.807) is 17.4 Å². The van der Waals surface area contributed by atoms with Crippen molar-refractivity contribution in [3.05, 3.63) is 66.1 Å². The van der Waals surface area contributed by atoms with Gasteiger partial charge in [0.1, 0.15) is 17.8 Å². The molecular weight excluding hydrogens is 485 g/mol. The highest BCUT2D eigenvalue weighted by atomic mass is 19.1. The third-order valence-electron chi connectivity index (χ3n) is 6.37. The van der Waals surface area contributed by atoms with Crippen LogP contribution in [0.3, 0.4) is 0 Å². The van der Waals surface area contributed by atoms with Gasteiger partial charge in [0.2, 0.25) is 0 Å². The third-order valence-corrected chi connectivity index (χ3v) is 6.37. The normalized spacial score (nSPS) is 13.4. The van der Waals surface area contributed by atoms with E-state index < -0.39 is 5.82 Å². The molecule has 5 rings (SSSR count). The quantitative estimate of drug-likeness (QED) is 0.390. The standard InChI is InChI=1S/C14H16FN3O.C13H12N6/c1-2-17-5-7-18(8-6-17)14(19)12-4-3-11(10-16)9-13(12)15;14-4-1-2-6-19-8-10(7-18-19)12-11-3-5-15-13(11)17-9-16-12/h3-4,9H,2,5-8H2,1H3;3,5,7-9H,1-2,6H2,(H,15,16,17). The van der Waals surface area contributed by atoms with Crippen LogP contribution in [0.4, 0.5) is 4.39 Å². The van der Waals surface area contributed by atoms with Crippen molar-refractivity contribution in [1.82, 2.24) is 34.5 Å². The lowest BCUT2D eigenvalue weighted by Gasteiger charge is -2.34. The number of hydrogen-bond acceptors (Lipinski definition) is 7. The number of carbonyl (C=O) groups excluding carboxylic acids is 1. The van der Waals surface area contributed by atoms with Crippen LogP contribution in [0.2, 0.25) is 0 Å². The van der Waals surface area contributed by atoms with Gasteiger partial charge < -0.3 is 14.8 Å². The molecule has 11 heteroatoms. The summed E-state index contributed by atoms with van der Waals surface area (Å²) in [6.45, 7) is 6.67. The van der Waals surface area contributed by atoms with E-state index >= 15 is 0 Å². The fraction of sp³-hybridized carbons (Fsp3) is 0.333. The number of carbonyl (C=O) groups is 1. The first-order valence-corrected chi connectivity index (χ1v) is 12.4. The van der Waals surface area contributed by atoms with Gasteiger partial charge in [-0.3, -0.25) is 9.48 Å². The Labute approximate surface area is 219 Å². The van der Waals surface area contributed by atoms with Gasteiger partial charge in [-0.25, -0.2) is 14.4 Å². The van der Waals surface area contributed by atoms with Gasteiger partial charge in [0, 0.05) is 62.5 Å². The van der Waals surface area contributed by atoms with Crippen LogP contribution >= 0.6 is 0 Å². The Balaban J connectivity index is 0.000000177. The first kappa shape index (κ1) is 26.5. The number of nitriles is 2. The average molecular weight is 514 g/mol. The van der Waals surface area contributed by atoms with Gasteiger partial charge in [-0.15, -0.1) is 0 Å². The van der Waals surface area contributed by atoms with Crippen LogP contribution in [-0.2, 0) is 6.54 Å². The maximum absolute atomic E-state index is 13.8. The molecule has 10 nitrogen and oxygen atoms in total. The number of nitrogens with one attached hydrogen (secondary N) is 1. The fourth-order valence-electron chi connectivity index (χ4n) is 4.23. The summed E-state index contributed by atoms with van der Waals surface area (Å²) in [4.78, 5) is 27.7. The molecule has 0 unspecified atom stereocenters. The van der Waals surface area contributed by atoms with E-state index in [0.29, 0.717) is 19.5 Å². The molecular formula is C27H28FN9O. The minimum atomic E-state index is -0.623. The molecule has 4 aromatic rings. The number of aromatic amines is 1. The van der Waals surface area contributed by atoms with Crippen molar-refractivity contribution in [2.45, 2.75) is 26.3 Å². The van der Waals surface area contributed by atoms with Crippen molar-refractivity contribution < 1.29 is 9.18 Å². The summed E-state index contributed by atoms with van der Waals surface area (Å²) in [5.74, 6) is -0.917. The molecule has 0 aliphatic carbocycles. The van der Waals surface area contributed by atoms with Crippen molar-refractivity contribution in [2.75, 3.05) is 32.7 Å². The largest absolute Gasteiger partial charge is 0.346 e. The van der Waals surface area contributed by atoms with Crippen molar-refractivity contribution in [3.63, 3.8) is 0 Å². The number of halogens is 1. The number of nitrogens with zero attached hydrogens (tertiary/aromatic N) is 8. The number of rotatable bonds is 6. The maximum atomic E-state index is 13.8. The first-order valence-electron chi connectivity index (χ1n) is 12.4. The van der Waals surface area contributed by atoms with E-state index in [1.807, 2.05) is 29.2 Å². The predicted octanol–water partition coefficient (Wildman–Crippen LogP) is 3.60. The zero-order valence-corrected chi connectivity index (χ0v) is 21.1. The SMILES string of the molecule is CCN1CCN(C(=O)c2ccc(C#N)cc2F)CC1.N#CCCCn1cc(-c2ncnc3[nH]ccc23)cn1. The Kier molecular flexibility index (Phi) is 8.75. The van der Waals surface area contributed by atoms with Crippen LogP contribution < -0.4 is 0 Å². The molecule has 1 aliphatic rings. The summed E-state index contributed by atoms with van der Waals surface area (Å²) in [6.07, 6.45) is 8.49. The Morgan fingerprint density at radius 1 is 1.16 bits per heavy atom. The lowest BCUT2D eigenvalue weighted by molar-refractivity contribution is 0.0639. The van der Waals surface area contributed by atoms with Gasteiger partial charge in [-0.1, -0.05) is 6.92 Å². The van der Waals surface area contributed by atoms with Gasteiger partial charge in [0.15, 0.2) is 0 Å². The van der Waals surface area contributed by atoms with Crippen LogP contribution in [0.5, 0.6) is 0 Å². The van der Waals surface area contributed by atoms with Crippen molar-refractivity contribution in [2.24, 2.45) is 0 Å². The number of likely N-dealkylation sites (N-methyl/N-ethyl adjacent to an activating group) is 1. The Bertz CT molecular complexity index is 1470. The first-order chi connectivity index (χ1) is 18.5. The molecule has 1 aromatic carbocycles. The maximum Gasteiger partial charge on any atom is 0.256 e. The second kappa shape index (κ2) is 12.6. The zero-order chi connectivity index (χ0) is 26.9. The van der Waals surface area contributed by atoms with Gasteiger partial charge in [0.25, 0.3) is 5.91 Å². The van der Waals surface area contributed by atoms with Gasteiger partial charge in [0.05, 0.1) is 35.2 Å². The van der Waals surface area contributed by atoms with Crippen molar-refractivity contribution in [3.8, 4) is 23.4 Å². The summed E-state index contributed by atoms with van der Waals surface area (Å²) in [7, 11) is 0. The van der Waals surface area contributed by atoms with E-state index in [9.17, 15) is 9.18 Å². The summed E-state index contributed by atoms with van der Waals surface area (Å²) < 4.78 is 15.6. The second-order valence-corrected chi connectivity index (χ2v) is 8.75. The number of unbranched alkanes of at least 4 members (excludes halogenated alkanes) is 1. The molecule has 0 bridgehead atoms. The summed E-state index contributed by atoms with van der Waals surface area (Å²) in [5.41, 5.74) is 2.93. The van der Waals surface area contributed by atoms with Crippen LogP contribution in [-0.4, -0.2) is 73.2 Å². The molecule has 1 fully saturated rings. The minimum absolute atomic E-state index is 0.0453.